The highest BCUT2D eigenvalue weighted by Crippen LogP contribution is 2.20. The third-order valence-electron chi connectivity index (χ3n) is 2.74. The molecule has 0 bridgehead atoms. The predicted octanol–water partition coefficient (Wildman–Crippen LogP) is 4.15. The molecule has 0 saturated carbocycles. The Morgan fingerprint density at radius 1 is 1.44 bits per heavy atom. The van der Waals surface area contributed by atoms with Crippen LogP contribution in [0.15, 0.2) is 18.2 Å². The number of nitrogens with one attached hydrogen (secondary N) is 1. The average Bonchev–Trinajstić information content (AvgIpc) is 2.38. The Bertz CT molecular complexity index is 430. The molecule has 0 aliphatic heterocycles. The Morgan fingerprint density at radius 2 is 2.06 bits per heavy atom. The van der Waals surface area contributed by atoms with E-state index in [1.165, 1.54) is 18.2 Å². The molecule has 0 aliphatic carbocycles. The number of carbonyl (C=O) groups excluding carboxylic acids is 1. The Labute approximate surface area is 128 Å². The van der Waals surface area contributed by atoms with Crippen molar-refractivity contribution < 1.29 is 9.18 Å². The highest BCUT2D eigenvalue weighted by atomic mass is 79.9. The molecule has 18 heavy (non-hydrogen) atoms. The number of benzene rings is 1. The number of amides is 1. The van der Waals surface area contributed by atoms with Gasteiger partial charge in [0.1, 0.15) is 5.82 Å². The summed E-state index contributed by atoms with van der Waals surface area (Å²) in [7, 11) is 0. The van der Waals surface area contributed by atoms with Gasteiger partial charge < -0.3 is 5.32 Å². The molecule has 0 spiro atoms. The van der Waals surface area contributed by atoms with Crippen molar-refractivity contribution in [3.05, 3.63) is 34.6 Å². The molecule has 1 amide bonds. The van der Waals surface area contributed by atoms with Crippen LogP contribution in [-0.2, 0) is 0 Å². The van der Waals surface area contributed by atoms with E-state index >= 15 is 0 Å². The molecule has 0 aromatic heterocycles. The van der Waals surface area contributed by atoms with Gasteiger partial charge in [-0.2, -0.15) is 0 Å². The summed E-state index contributed by atoms with van der Waals surface area (Å²) in [4.78, 5) is 12.1. The van der Waals surface area contributed by atoms with Crippen molar-refractivity contribution in [1.82, 2.24) is 5.32 Å². The normalized spacial score (nSPS) is 11.4. The molecular formula is C12H13Br2ClFNO. The van der Waals surface area contributed by atoms with Crippen molar-refractivity contribution in [2.75, 3.05) is 10.7 Å². The molecular weight excluding hydrogens is 388 g/mol. The Morgan fingerprint density at radius 3 is 2.56 bits per heavy atom. The van der Waals surface area contributed by atoms with E-state index in [4.69, 9.17) is 11.6 Å². The third-order valence-corrected chi connectivity index (χ3v) is 5.12. The van der Waals surface area contributed by atoms with E-state index in [2.05, 4.69) is 37.2 Å². The van der Waals surface area contributed by atoms with Crippen LogP contribution in [0.1, 0.15) is 23.7 Å². The molecule has 2 nitrogen and oxygen atoms in total. The van der Waals surface area contributed by atoms with E-state index in [0.29, 0.717) is 15.7 Å². The SMILES string of the molecule is CCC(CBr)(CBr)NC(=O)c1cc(Cl)ccc1F. The van der Waals surface area contributed by atoms with Crippen LogP contribution in [0.25, 0.3) is 0 Å². The van der Waals surface area contributed by atoms with Crippen LogP contribution < -0.4 is 5.32 Å². The maximum Gasteiger partial charge on any atom is 0.254 e. The zero-order chi connectivity index (χ0) is 13.8. The summed E-state index contributed by atoms with van der Waals surface area (Å²) in [5.41, 5.74) is -0.478. The van der Waals surface area contributed by atoms with Gasteiger partial charge in [0.25, 0.3) is 5.91 Å². The van der Waals surface area contributed by atoms with Gasteiger partial charge >= 0.3 is 0 Å². The minimum Gasteiger partial charge on any atom is -0.345 e. The zero-order valence-corrected chi connectivity index (χ0v) is 13.7. The largest absolute Gasteiger partial charge is 0.345 e. The predicted molar refractivity (Wildman–Crippen MR) is 79.5 cm³/mol. The number of carbonyl (C=O) groups is 1. The second-order valence-electron chi connectivity index (χ2n) is 3.98. The first-order chi connectivity index (χ1) is 8.48. The molecule has 0 unspecified atom stereocenters. The Balaban J connectivity index is 2.97. The molecule has 1 aromatic carbocycles. The van der Waals surface area contributed by atoms with Crippen molar-refractivity contribution in [3.63, 3.8) is 0 Å². The van der Waals surface area contributed by atoms with Gasteiger partial charge in [-0.25, -0.2) is 4.39 Å². The Hall–Kier alpha value is -0.130. The molecule has 1 rings (SSSR count). The van der Waals surface area contributed by atoms with E-state index in [9.17, 15) is 9.18 Å². The maximum atomic E-state index is 13.6. The number of rotatable bonds is 5. The van der Waals surface area contributed by atoms with Gasteiger partial charge in [-0.15, -0.1) is 0 Å². The van der Waals surface area contributed by atoms with Crippen LogP contribution in [0.5, 0.6) is 0 Å². The number of alkyl halides is 2. The van der Waals surface area contributed by atoms with Crippen molar-refractivity contribution in [1.29, 1.82) is 0 Å². The van der Waals surface area contributed by atoms with E-state index in [0.717, 1.165) is 6.42 Å². The molecule has 1 N–H and O–H groups in total. The molecule has 0 fully saturated rings. The van der Waals surface area contributed by atoms with Crippen molar-refractivity contribution in [2.45, 2.75) is 18.9 Å². The van der Waals surface area contributed by atoms with E-state index in [1.54, 1.807) is 0 Å². The lowest BCUT2D eigenvalue weighted by molar-refractivity contribution is 0.0911. The minimum atomic E-state index is -0.578. The molecule has 0 radical (unpaired) electrons. The van der Waals surface area contributed by atoms with Crippen LogP contribution in [0, 0.1) is 5.82 Å². The summed E-state index contributed by atoms with van der Waals surface area (Å²) in [6.07, 6.45) is 0.720. The van der Waals surface area contributed by atoms with Gasteiger partial charge in [-0.3, -0.25) is 4.79 Å². The number of halogens is 4. The van der Waals surface area contributed by atoms with Crippen molar-refractivity contribution in [2.24, 2.45) is 0 Å². The lowest BCUT2D eigenvalue weighted by atomic mass is 10.0. The summed E-state index contributed by atoms with van der Waals surface area (Å²) in [6, 6.07) is 3.93. The van der Waals surface area contributed by atoms with Crippen molar-refractivity contribution >= 4 is 49.4 Å². The third kappa shape index (κ3) is 3.68. The van der Waals surface area contributed by atoms with Crippen LogP contribution in [0.3, 0.4) is 0 Å². The monoisotopic (exact) mass is 399 g/mol. The quantitative estimate of drug-likeness (QED) is 0.738. The topological polar surface area (TPSA) is 29.1 Å². The van der Waals surface area contributed by atoms with Gasteiger partial charge in [0.05, 0.1) is 11.1 Å². The second-order valence-corrected chi connectivity index (χ2v) is 5.54. The highest BCUT2D eigenvalue weighted by molar-refractivity contribution is 9.09. The van der Waals surface area contributed by atoms with E-state index in [-0.39, 0.29) is 5.56 Å². The fraction of sp³-hybridized carbons (Fsp3) is 0.417. The number of hydrogen-bond acceptors (Lipinski definition) is 1. The lowest BCUT2D eigenvalue weighted by Gasteiger charge is -2.30. The fourth-order valence-corrected chi connectivity index (χ4v) is 3.53. The molecule has 100 valence electrons. The number of hydrogen-bond donors (Lipinski definition) is 1. The summed E-state index contributed by atoms with van der Waals surface area (Å²) >= 11 is 12.5. The standard InChI is InChI=1S/C12H13Br2ClFNO/c1-2-12(6-13,7-14)17-11(18)9-5-8(15)3-4-10(9)16/h3-5H,2,6-7H2,1H3,(H,17,18). The smallest absolute Gasteiger partial charge is 0.254 e. The molecule has 0 aliphatic rings. The maximum absolute atomic E-state index is 13.6. The van der Waals surface area contributed by atoms with Gasteiger partial charge in [0, 0.05) is 15.7 Å². The molecule has 1 aromatic rings. The average molecular weight is 402 g/mol. The summed E-state index contributed by atoms with van der Waals surface area (Å²) < 4.78 is 13.6. The van der Waals surface area contributed by atoms with Crippen LogP contribution in [0.4, 0.5) is 4.39 Å². The zero-order valence-electron chi connectivity index (χ0n) is 9.77. The molecule has 0 heterocycles. The first-order valence-electron chi connectivity index (χ1n) is 5.37. The fourth-order valence-electron chi connectivity index (χ4n) is 1.36. The van der Waals surface area contributed by atoms with Crippen LogP contribution >= 0.6 is 43.5 Å². The highest BCUT2D eigenvalue weighted by Gasteiger charge is 2.29. The second kappa shape index (κ2) is 6.87. The first-order valence-corrected chi connectivity index (χ1v) is 7.99. The summed E-state index contributed by atoms with van der Waals surface area (Å²) in [5, 5.41) is 4.33. The van der Waals surface area contributed by atoms with Gasteiger partial charge in [0.15, 0.2) is 0 Å². The van der Waals surface area contributed by atoms with Gasteiger partial charge in [0.2, 0.25) is 0 Å². The van der Waals surface area contributed by atoms with Gasteiger partial charge in [-0.05, 0) is 24.6 Å². The molecule has 0 atom stereocenters. The minimum absolute atomic E-state index is 0.0396. The first kappa shape index (κ1) is 15.9. The summed E-state index contributed by atoms with van der Waals surface area (Å²) in [6.45, 7) is 1.96. The van der Waals surface area contributed by atoms with E-state index < -0.39 is 17.3 Å². The molecule has 0 saturated heterocycles. The van der Waals surface area contributed by atoms with Crippen LogP contribution in [0.2, 0.25) is 5.02 Å². The van der Waals surface area contributed by atoms with Crippen LogP contribution in [-0.4, -0.2) is 22.1 Å². The van der Waals surface area contributed by atoms with E-state index in [1.807, 2.05) is 6.92 Å². The van der Waals surface area contributed by atoms with Gasteiger partial charge in [-0.1, -0.05) is 50.4 Å². The summed E-state index contributed by atoms with van der Waals surface area (Å²) in [5.74, 6) is -1.04. The molecule has 6 heteroatoms. The Kier molecular flexibility index (Phi) is 6.08. The lowest BCUT2D eigenvalue weighted by Crippen LogP contribution is -2.51. The van der Waals surface area contributed by atoms with Crippen molar-refractivity contribution in [3.8, 4) is 0 Å².